The molecule has 2 nitrogen and oxygen atoms in total. The van der Waals surface area contributed by atoms with Gasteiger partial charge in [-0.05, 0) is 80.2 Å². The number of aryl methyl sites for hydroxylation is 1. The molecule has 0 bridgehead atoms. The predicted octanol–water partition coefficient (Wildman–Crippen LogP) is 10.1. The summed E-state index contributed by atoms with van der Waals surface area (Å²) < 4.78 is 136. The molecule has 8 aromatic rings. The molecule has 1 aromatic heterocycles. The zero-order chi connectivity index (χ0) is 39.7. The van der Waals surface area contributed by atoms with Crippen molar-refractivity contribution in [2.75, 3.05) is 0 Å². The highest BCUT2D eigenvalue weighted by molar-refractivity contribution is 6.22. The molecular weight excluding hydrogens is 484 g/mol. The second kappa shape index (κ2) is 8.93. The quantitative estimate of drug-likeness (QED) is 0.210. The fraction of sp³-hybridized carbons (Fsp3) is 0.0263. The summed E-state index contributed by atoms with van der Waals surface area (Å²) in [6.07, 6.45) is 0. The molecular formula is C38H26N2. The first-order valence-corrected chi connectivity index (χ1v) is 12.5. The van der Waals surface area contributed by atoms with Gasteiger partial charge in [0.15, 0.2) is 0 Å². The third kappa shape index (κ3) is 3.40. The van der Waals surface area contributed by atoms with Crippen LogP contribution in [0.4, 0.5) is 0 Å². The Labute approximate surface area is 253 Å². The fourth-order valence-electron chi connectivity index (χ4n) is 5.38. The summed E-state index contributed by atoms with van der Waals surface area (Å²) in [6.45, 7) is 1.78. The number of fused-ring (bicyclic) bond motifs is 4. The zero-order valence-electron chi connectivity index (χ0n) is 36.0. The third-order valence-corrected chi connectivity index (χ3v) is 7.02. The van der Waals surface area contributed by atoms with Gasteiger partial charge in [0, 0.05) is 5.56 Å². The Bertz CT molecular complexity index is 2980. The molecule has 8 rings (SSSR count). The first-order valence-electron chi connectivity index (χ1n) is 20.0. The molecule has 0 aliphatic rings. The summed E-state index contributed by atoms with van der Waals surface area (Å²) in [5.74, 6) is 0.559. The van der Waals surface area contributed by atoms with Gasteiger partial charge >= 0.3 is 0 Å². The van der Waals surface area contributed by atoms with Crippen LogP contribution in [0.1, 0.15) is 26.4 Å². The van der Waals surface area contributed by atoms with E-state index in [9.17, 15) is 8.22 Å². The van der Waals surface area contributed by atoms with Crippen molar-refractivity contribution >= 4 is 43.4 Å². The minimum atomic E-state index is -0.737. The summed E-state index contributed by atoms with van der Waals surface area (Å²) in [4.78, 5) is 4.70. The molecule has 0 aliphatic carbocycles. The summed E-state index contributed by atoms with van der Waals surface area (Å²) in [5.41, 5.74) is 1.30. The molecule has 0 aliphatic heterocycles. The van der Waals surface area contributed by atoms with Crippen LogP contribution in [0.5, 0.6) is 0 Å². The van der Waals surface area contributed by atoms with E-state index in [1.807, 2.05) is 28.8 Å². The van der Waals surface area contributed by atoms with Gasteiger partial charge in [-0.25, -0.2) is 4.98 Å². The van der Waals surface area contributed by atoms with Gasteiger partial charge in [-0.15, -0.1) is 0 Å². The molecule has 0 radical (unpaired) electrons. The molecule has 0 N–H and O–H groups in total. The van der Waals surface area contributed by atoms with E-state index in [0.717, 1.165) is 0 Å². The van der Waals surface area contributed by atoms with Crippen molar-refractivity contribution < 1.29 is 20.6 Å². The van der Waals surface area contributed by atoms with Crippen LogP contribution in [0.3, 0.4) is 0 Å². The van der Waals surface area contributed by atoms with E-state index >= 15 is 0 Å². The minimum absolute atomic E-state index is 0.0207. The van der Waals surface area contributed by atoms with Gasteiger partial charge in [0.2, 0.25) is 0 Å². The van der Waals surface area contributed by atoms with Crippen molar-refractivity contribution in [3.05, 3.63) is 145 Å². The fourth-order valence-corrected chi connectivity index (χ4v) is 5.38. The molecule has 40 heavy (non-hydrogen) atoms. The average molecular weight is 526 g/mol. The lowest BCUT2D eigenvalue weighted by molar-refractivity contribution is 1.00. The van der Waals surface area contributed by atoms with E-state index in [4.69, 9.17) is 17.3 Å². The first-order chi connectivity index (χ1) is 26.0. The first kappa shape index (κ1) is 12.3. The largest absolute Gasteiger partial charge is 0.296 e. The number of rotatable bonds is 3. The Morgan fingerprint density at radius 3 is 1.95 bits per heavy atom. The molecule has 2 heteroatoms. The number of para-hydroxylation sites is 3. The van der Waals surface area contributed by atoms with E-state index in [1.54, 1.807) is 31.2 Å². The van der Waals surface area contributed by atoms with Crippen molar-refractivity contribution in [2.45, 2.75) is 6.92 Å². The van der Waals surface area contributed by atoms with Gasteiger partial charge < -0.3 is 0 Å². The van der Waals surface area contributed by atoms with E-state index in [1.165, 1.54) is 0 Å². The van der Waals surface area contributed by atoms with Crippen LogP contribution in [-0.4, -0.2) is 9.55 Å². The van der Waals surface area contributed by atoms with E-state index < -0.39 is 107 Å². The van der Waals surface area contributed by atoms with Gasteiger partial charge in [-0.2, -0.15) is 0 Å². The maximum Gasteiger partial charge on any atom is 0.111 e. The second-order valence-corrected chi connectivity index (χ2v) is 9.25. The molecule has 0 spiro atoms. The van der Waals surface area contributed by atoms with Crippen LogP contribution in [0, 0.1) is 6.92 Å². The maximum absolute atomic E-state index is 9.41. The summed E-state index contributed by atoms with van der Waals surface area (Å²) in [5, 5.41) is -1.82. The monoisotopic (exact) mass is 525 g/mol. The summed E-state index contributed by atoms with van der Waals surface area (Å²) in [6, 6.07) is 4.19. The van der Waals surface area contributed by atoms with Crippen LogP contribution >= 0.6 is 0 Å². The minimum Gasteiger partial charge on any atom is -0.296 e. The number of hydrogen-bond acceptors (Lipinski definition) is 1. The smallest absolute Gasteiger partial charge is 0.111 e. The topological polar surface area (TPSA) is 17.8 Å². The lowest BCUT2D eigenvalue weighted by Gasteiger charge is -2.20. The van der Waals surface area contributed by atoms with Gasteiger partial charge in [0.1, 0.15) is 5.82 Å². The highest BCUT2D eigenvalue weighted by atomic mass is 15.1. The van der Waals surface area contributed by atoms with Crippen molar-refractivity contribution in [3.63, 3.8) is 0 Å². The SMILES string of the molecule is [2H]c1c([2H])c([2H])c2c([2H])c(-c3c4c([2H])c([2H])c([2H])c([2H])c4c(-c4ccccc4-n4c(C)nc5ccccc54)c4c([2H])c([2H])c([2H])c([2H])c34)c([2H])c([2H])c2c1[2H]. The van der Waals surface area contributed by atoms with Gasteiger partial charge in [-0.3, -0.25) is 4.57 Å². The van der Waals surface area contributed by atoms with Crippen LogP contribution in [0.25, 0.3) is 71.3 Å². The lowest BCUT2D eigenvalue weighted by Crippen LogP contribution is -2.00. The van der Waals surface area contributed by atoms with Crippen LogP contribution in [-0.2, 0) is 0 Å². The Kier molecular flexibility index (Phi) is 2.75. The number of hydrogen-bond donors (Lipinski definition) is 0. The molecule has 188 valence electrons. The standard InChI is InChI=1S/C38H26N2/c1-25-39-34-19-9-11-21-36(34)40(25)35-20-10-8-18-33(35)38-31-16-6-4-14-29(31)37(30-15-5-7-17-32(30)38)28-23-22-26-12-2-3-13-27(26)24-28/h2-24H,1H3/i2D,3D,4D,5D,6D,7D,12D,13D,14D,15D,16D,17D,22D,23D,24D. The second-order valence-electron chi connectivity index (χ2n) is 9.25. The highest BCUT2D eigenvalue weighted by Crippen LogP contribution is 2.45. The van der Waals surface area contributed by atoms with Crippen LogP contribution in [0.2, 0.25) is 0 Å². The van der Waals surface area contributed by atoms with Gasteiger partial charge in [0.05, 0.1) is 37.3 Å². The van der Waals surface area contributed by atoms with Crippen molar-refractivity contribution in [1.29, 1.82) is 0 Å². The number of aromatic nitrogens is 2. The Morgan fingerprint density at radius 2 is 1.20 bits per heavy atom. The van der Waals surface area contributed by atoms with E-state index in [-0.39, 0.29) is 32.7 Å². The van der Waals surface area contributed by atoms with Gasteiger partial charge in [0.25, 0.3) is 0 Å². The number of nitrogens with zero attached hydrogens (tertiary/aromatic N) is 2. The van der Waals surface area contributed by atoms with Gasteiger partial charge in [-0.1, -0.05) is 115 Å². The maximum atomic E-state index is 9.41. The Balaban J connectivity index is 1.72. The average Bonchev–Trinajstić information content (AvgIpc) is 3.51. The van der Waals surface area contributed by atoms with Crippen molar-refractivity contribution in [3.8, 4) is 27.9 Å². The molecule has 7 aromatic carbocycles. The predicted molar refractivity (Wildman–Crippen MR) is 169 cm³/mol. The highest BCUT2D eigenvalue weighted by Gasteiger charge is 2.20. The molecule has 0 atom stereocenters. The number of benzene rings is 7. The van der Waals surface area contributed by atoms with Crippen molar-refractivity contribution in [1.82, 2.24) is 9.55 Å². The van der Waals surface area contributed by atoms with E-state index in [0.29, 0.717) is 28.1 Å². The van der Waals surface area contributed by atoms with Crippen LogP contribution in [0.15, 0.2) is 139 Å². The van der Waals surface area contributed by atoms with Crippen molar-refractivity contribution in [2.24, 2.45) is 0 Å². The summed E-state index contributed by atoms with van der Waals surface area (Å²) in [7, 11) is 0. The molecule has 1 heterocycles. The normalized spacial score (nSPS) is 16.9. The molecule has 0 amide bonds. The molecule has 0 saturated heterocycles. The van der Waals surface area contributed by atoms with Crippen LogP contribution < -0.4 is 0 Å². The third-order valence-electron chi connectivity index (χ3n) is 7.02. The Morgan fingerprint density at radius 1 is 0.600 bits per heavy atom. The molecule has 0 fully saturated rings. The summed E-state index contributed by atoms with van der Waals surface area (Å²) >= 11 is 0. The van der Waals surface area contributed by atoms with E-state index in [2.05, 4.69) is 0 Å². The molecule has 0 unspecified atom stereocenters. The molecule has 0 saturated carbocycles. The number of imidazole rings is 1. The zero-order valence-corrected chi connectivity index (χ0v) is 21.0. The lowest BCUT2D eigenvalue weighted by atomic mass is 9.85. The Hall–Kier alpha value is -5.21.